The van der Waals surface area contributed by atoms with Gasteiger partial charge in [0.05, 0.1) is 35.7 Å². The maximum absolute atomic E-state index is 14.7. The fourth-order valence-electron chi connectivity index (χ4n) is 5.07. The Bertz CT molecular complexity index is 1850. The van der Waals surface area contributed by atoms with Gasteiger partial charge in [-0.3, -0.25) is 19.1 Å². The average Bonchev–Trinajstić information content (AvgIpc) is 3.75. The second-order valence-electron chi connectivity index (χ2n) is 10.1. The maximum atomic E-state index is 14.7. The van der Waals surface area contributed by atoms with Gasteiger partial charge in [0, 0.05) is 51.9 Å². The van der Waals surface area contributed by atoms with E-state index in [9.17, 15) is 23.5 Å². The summed E-state index contributed by atoms with van der Waals surface area (Å²) in [4.78, 5) is 33.5. The van der Waals surface area contributed by atoms with Crippen molar-refractivity contribution in [3.05, 3.63) is 63.5 Å². The van der Waals surface area contributed by atoms with Crippen molar-refractivity contribution in [3.63, 3.8) is 0 Å². The zero-order valence-corrected chi connectivity index (χ0v) is 23.6. The molecule has 43 heavy (non-hydrogen) atoms. The summed E-state index contributed by atoms with van der Waals surface area (Å²) in [5.41, 5.74) is 7.62. The summed E-state index contributed by atoms with van der Waals surface area (Å²) < 4.78 is 38.3. The van der Waals surface area contributed by atoms with E-state index in [0.717, 1.165) is 17.4 Å². The van der Waals surface area contributed by atoms with Crippen molar-refractivity contribution in [1.29, 1.82) is 0 Å². The fraction of sp³-hybridized carbons (Fsp3) is 0.333. The molecule has 0 aliphatic carbocycles. The molecule has 1 aliphatic rings. The summed E-state index contributed by atoms with van der Waals surface area (Å²) >= 11 is 1.06. The van der Waals surface area contributed by atoms with E-state index in [1.807, 2.05) is 0 Å². The van der Waals surface area contributed by atoms with Gasteiger partial charge in [0.1, 0.15) is 22.0 Å². The number of aromatic nitrogens is 4. The highest BCUT2D eigenvalue weighted by molar-refractivity contribution is 7.17. The quantitative estimate of drug-likeness (QED) is 0.189. The van der Waals surface area contributed by atoms with Gasteiger partial charge in [-0.15, -0.1) is 0 Å². The molecule has 5 heterocycles. The zero-order valence-electron chi connectivity index (χ0n) is 22.7. The minimum Gasteiger partial charge on any atom is -0.463 e. The number of piperazine rings is 1. The van der Waals surface area contributed by atoms with Crippen molar-refractivity contribution in [2.45, 2.75) is 12.6 Å². The molecular formula is C27H28F2N8O5S. The smallest absolute Gasteiger partial charge is 0.309 e. The Morgan fingerprint density at radius 3 is 2.67 bits per heavy atom. The number of amides is 1. The number of nitrogen functional groups attached to an aromatic ring is 1. The van der Waals surface area contributed by atoms with Crippen LogP contribution >= 0.6 is 11.3 Å². The number of aliphatic hydroxyl groups excluding tert-OH is 2. The molecule has 1 atom stereocenters. The predicted octanol–water partition coefficient (Wildman–Crippen LogP) is 1.13. The first-order valence-electron chi connectivity index (χ1n) is 13.5. The molecule has 1 aliphatic heterocycles. The number of benzene rings is 1. The Kier molecular flexibility index (Phi) is 7.83. The molecule has 13 nitrogen and oxygen atoms in total. The van der Waals surface area contributed by atoms with Crippen molar-refractivity contribution >= 4 is 44.7 Å². The first-order chi connectivity index (χ1) is 20.7. The minimum absolute atomic E-state index is 0.0902. The number of rotatable bonds is 9. The lowest BCUT2D eigenvalue weighted by molar-refractivity contribution is 0.0799. The number of hydrogen-bond donors (Lipinski definition) is 4. The maximum Gasteiger partial charge on any atom is 0.309 e. The summed E-state index contributed by atoms with van der Waals surface area (Å²) in [5.74, 6) is -1.93. The van der Waals surface area contributed by atoms with Gasteiger partial charge < -0.3 is 30.6 Å². The zero-order chi connectivity index (χ0) is 30.2. The predicted molar refractivity (Wildman–Crippen MR) is 155 cm³/mol. The van der Waals surface area contributed by atoms with Crippen LogP contribution in [0, 0.1) is 11.6 Å². The lowest BCUT2D eigenvalue weighted by Crippen LogP contribution is -2.47. The summed E-state index contributed by atoms with van der Waals surface area (Å²) in [6, 6.07) is 7.17. The lowest BCUT2D eigenvalue weighted by Gasteiger charge is -2.36. The van der Waals surface area contributed by atoms with E-state index in [0.29, 0.717) is 72.7 Å². The molecule has 0 unspecified atom stereocenters. The van der Waals surface area contributed by atoms with Crippen molar-refractivity contribution in [2.24, 2.45) is 0 Å². The Hall–Kier alpha value is -4.38. The number of anilines is 2. The van der Waals surface area contributed by atoms with E-state index in [1.165, 1.54) is 4.52 Å². The number of carbonyl (C=O) groups excluding carboxylic acids is 1. The van der Waals surface area contributed by atoms with E-state index in [1.54, 1.807) is 33.9 Å². The molecule has 4 aromatic heterocycles. The second-order valence-corrected chi connectivity index (χ2v) is 11.1. The van der Waals surface area contributed by atoms with Gasteiger partial charge >= 0.3 is 4.87 Å². The standard InChI is InChI=1S/C27H28F2N8O5S/c28-17-11-18(29)20(10-16(17)25(40)31-13-15(39)14-38)35-6-3-34(4-7-35)5-8-36-24-23(43-27(36)41)21-12-19(22-2-1-9-42-22)33-37(21)26(30)32-24/h1-2,9-12,15,38-39H,3-8,13-14H2,(H2,30,32)(H,31,40)/t15-/m0/s1. The summed E-state index contributed by atoms with van der Waals surface area (Å²) in [5, 5.41) is 25.2. The van der Waals surface area contributed by atoms with Crippen LogP contribution in [0.25, 0.3) is 27.3 Å². The monoisotopic (exact) mass is 614 g/mol. The molecule has 5 aromatic rings. The van der Waals surface area contributed by atoms with Crippen LogP contribution in [0.5, 0.6) is 0 Å². The molecule has 0 radical (unpaired) electrons. The first kappa shape index (κ1) is 28.7. The summed E-state index contributed by atoms with van der Waals surface area (Å²) in [6.07, 6.45) is 0.357. The Morgan fingerprint density at radius 2 is 1.95 bits per heavy atom. The van der Waals surface area contributed by atoms with Crippen LogP contribution in [-0.4, -0.2) is 92.2 Å². The van der Waals surface area contributed by atoms with Gasteiger partial charge in [0.25, 0.3) is 5.91 Å². The number of nitrogens with zero attached hydrogens (tertiary/aromatic N) is 6. The molecule has 0 saturated carbocycles. The average molecular weight is 615 g/mol. The third kappa shape index (κ3) is 5.56. The fourth-order valence-corrected chi connectivity index (χ4v) is 6.03. The van der Waals surface area contributed by atoms with Gasteiger partial charge in [-0.1, -0.05) is 11.3 Å². The SMILES string of the molecule is Nc1nc2c(sc(=O)n2CCN2CCN(c3cc(C(=O)NC[C@H](O)CO)c(F)cc3F)CC2)c2cc(-c3ccco3)nn12. The highest BCUT2D eigenvalue weighted by Gasteiger charge is 2.24. The number of halogens is 2. The molecular weight excluding hydrogens is 586 g/mol. The molecule has 0 spiro atoms. The Morgan fingerprint density at radius 1 is 1.16 bits per heavy atom. The number of nitrogens with one attached hydrogen (secondary N) is 1. The third-order valence-corrected chi connectivity index (χ3v) is 8.36. The van der Waals surface area contributed by atoms with Crippen LogP contribution in [0.15, 0.2) is 45.8 Å². The van der Waals surface area contributed by atoms with Crippen molar-refractivity contribution < 1.29 is 28.2 Å². The number of aliphatic hydroxyl groups is 2. The molecule has 1 saturated heterocycles. The number of carbonyl (C=O) groups is 1. The van der Waals surface area contributed by atoms with E-state index < -0.39 is 30.3 Å². The topological polar surface area (TPSA) is 167 Å². The number of hydrogen-bond acceptors (Lipinski definition) is 11. The van der Waals surface area contributed by atoms with Gasteiger partial charge in [-0.2, -0.15) is 14.6 Å². The van der Waals surface area contributed by atoms with Crippen LogP contribution in [0.3, 0.4) is 0 Å². The Balaban J connectivity index is 1.14. The normalized spacial score (nSPS) is 15.0. The van der Waals surface area contributed by atoms with Crippen LogP contribution in [-0.2, 0) is 6.54 Å². The molecule has 1 amide bonds. The molecule has 226 valence electrons. The molecule has 1 aromatic carbocycles. The summed E-state index contributed by atoms with van der Waals surface area (Å²) in [7, 11) is 0. The highest BCUT2D eigenvalue weighted by atomic mass is 32.1. The largest absolute Gasteiger partial charge is 0.463 e. The van der Waals surface area contributed by atoms with Crippen LogP contribution < -0.4 is 20.8 Å². The minimum atomic E-state index is -1.19. The van der Waals surface area contributed by atoms with E-state index in [-0.39, 0.29) is 28.6 Å². The van der Waals surface area contributed by atoms with Gasteiger partial charge in [-0.25, -0.2) is 8.78 Å². The number of nitrogens with two attached hydrogens (primary N) is 1. The van der Waals surface area contributed by atoms with E-state index >= 15 is 0 Å². The number of fused-ring (bicyclic) bond motifs is 3. The Labute approximate surface area is 246 Å². The van der Waals surface area contributed by atoms with Crippen LogP contribution in [0.4, 0.5) is 20.4 Å². The number of thiazole rings is 1. The van der Waals surface area contributed by atoms with Crippen molar-refractivity contribution in [2.75, 3.05) is 56.5 Å². The lowest BCUT2D eigenvalue weighted by atomic mass is 10.1. The molecule has 1 fully saturated rings. The van der Waals surface area contributed by atoms with Crippen LogP contribution in [0.1, 0.15) is 10.4 Å². The van der Waals surface area contributed by atoms with Gasteiger partial charge in [0.15, 0.2) is 11.4 Å². The number of furan rings is 1. The highest BCUT2D eigenvalue weighted by Crippen LogP contribution is 2.29. The van der Waals surface area contributed by atoms with Gasteiger partial charge in [0.2, 0.25) is 5.95 Å². The van der Waals surface area contributed by atoms with Gasteiger partial charge in [-0.05, 0) is 24.3 Å². The molecule has 6 rings (SSSR count). The van der Waals surface area contributed by atoms with Crippen molar-refractivity contribution in [1.82, 2.24) is 29.4 Å². The molecule has 0 bridgehead atoms. The van der Waals surface area contributed by atoms with E-state index in [4.69, 9.17) is 15.3 Å². The summed E-state index contributed by atoms with van der Waals surface area (Å²) in [6.45, 7) is 1.92. The first-order valence-corrected chi connectivity index (χ1v) is 14.3. The van der Waals surface area contributed by atoms with E-state index in [2.05, 4.69) is 20.3 Å². The molecule has 5 N–H and O–H groups in total. The second kappa shape index (κ2) is 11.7. The van der Waals surface area contributed by atoms with Crippen molar-refractivity contribution in [3.8, 4) is 11.5 Å². The van der Waals surface area contributed by atoms with Crippen LogP contribution in [0.2, 0.25) is 0 Å². The third-order valence-electron chi connectivity index (χ3n) is 7.36. The molecule has 16 heteroatoms.